The third kappa shape index (κ3) is 6.43. The van der Waals surface area contributed by atoms with E-state index in [-0.39, 0.29) is 11.5 Å². The highest BCUT2D eigenvalue weighted by atomic mass is 32.2. The number of primary sulfonamides is 1. The van der Waals surface area contributed by atoms with Crippen LogP contribution in [-0.2, 0) is 38.1 Å². The molecule has 2 aromatic carbocycles. The zero-order valence-electron chi connectivity index (χ0n) is 21.2. The van der Waals surface area contributed by atoms with Gasteiger partial charge in [-0.05, 0) is 42.5 Å². The smallest absolute Gasteiger partial charge is 0.238 e. The van der Waals surface area contributed by atoms with Crippen molar-refractivity contribution >= 4 is 15.8 Å². The van der Waals surface area contributed by atoms with Gasteiger partial charge in [-0.1, -0.05) is 36.4 Å². The first-order chi connectivity index (χ1) is 18.8. The van der Waals surface area contributed by atoms with Crippen LogP contribution < -0.4 is 5.14 Å². The van der Waals surface area contributed by atoms with Crippen LogP contribution in [0.2, 0.25) is 0 Å². The van der Waals surface area contributed by atoms with Crippen molar-refractivity contribution in [2.24, 2.45) is 5.14 Å². The third-order valence-electron chi connectivity index (χ3n) is 6.60. The molecule has 0 radical (unpaired) electrons. The van der Waals surface area contributed by atoms with Gasteiger partial charge >= 0.3 is 0 Å². The van der Waals surface area contributed by atoms with Gasteiger partial charge in [0.15, 0.2) is 12.2 Å². The van der Waals surface area contributed by atoms with Crippen molar-refractivity contribution in [3.05, 3.63) is 108 Å². The molecule has 0 atom stereocenters. The number of oxazole rings is 1. The Morgan fingerprint density at radius 2 is 1.77 bits per heavy atom. The van der Waals surface area contributed by atoms with E-state index in [0.717, 1.165) is 5.56 Å². The molecule has 39 heavy (non-hydrogen) atoms. The number of nitrogens with zero attached hydrogens (tertiary/aromatic N) is 2. The number of rotatable bonds is 9. The molecule has 1 aliphatic rings. The highest BCUT2D eigenvalue weighted by molar-refractivity contribution is 7.89. The summed E-state index contributed by atoms with van der Waals surface area (Å²) >= 11 is 0. The molecule has 0 unspecified atom stereocenters. The van der Waals surface area contributed by atoms with E-state index in [9.17, 15) is 13.5 Å². The zero-order valence-corrected chi connectivity index (χ0v) is 22.0. The van der Waals surface area contributed by atoms with Crippen molar-refractivity contribution < 1.29 is 27.4 Å². The van der Waals surface area contributed by atoms with Crippen molar-refractivity contribution in [1.82, 2.24) is 9.97 Å². The monoisotopic (exact) mass is 547 g/mol. The largest absolute Gasteiger partial charge is 0.487 e. The number of allylic oxidation sites excluding steroid dienone is 1. The zero-order chi connectivity index (χ0) is 27.3. The summed E-state index contributed by atoms with van der Waals surface area (Å²) in [5.41, 5.74) is 2.56. The van der Waals surface area contributed by atoms with E-state index in [1.807, 2.05) is 54.6 Å². The minimum absolute atomic E-state index is 0.0218. The lowest BCUT2D eigenvalue weighted by Crippen LogP contribution is -2.34. The molecule has 0 bridgehead atoms. The summed E-state index contributed by atoms with van der Waals surface area (Å²) < 4.78 is 40.4. The van der Waals surface area contributed by atoms with E-state index >= 15 is 0 Å². The normalized spacial score (nSPS) is 15.7. The molecule has 0 aliphatic carbocycles. The highest BCUT2D eigenvalue weighted by Gasteiger charge is 2.33. The van der Waals surface area contributed by atoms with Crippen molar-refractivity contribution in [1.29, 1.82) is 0 Å². The summed E-state index contributed by atoms with van der Waals surface area (Å²) in [6.45, 7) is 1.21. The molecule has 0 saturated carbocycles. The Morgan fingerprint density at radius 3 is 2.49 bits per heavy atom. The number of hydrogen-bond donors (Lipinski definition) is 2. The summed E-state index contributed by atoms with van der Waals surface area (Å²) in [5, 5.41) is 16.2. The van der Waals surface area contributed by atoms with Crippen LogP contribution in [0.1, 0.15) is 35.5 Å². The van der Waals surface area contributed by atoms with Gasteiger partial charge in [0.25, 0.3) is 0 Å². The molecule has 0 amide bonds. The van der Waals surface area contributed by atoms with Gasteiger partial charge in [0, 0.05) is 43.6 Å². The molecule has 3 heterocycles. The van der Waals surface area contributed by atoms with Gasteiger partial charge in [-0.25, -0.2) is 18.5 Å². The van der Waals surface area contributed by atoms with E-state index in [1.165, 1.54) is 18.5 Å². The Balaban J connectivity index is 1.36. The van der Waals surface area contributed by atoms with Crippen LogP contribution in [0.5, 0.6) is 0 Å². The minimum Gasteiger partial charge on any atom is -0.487 e. The van der Waals surface area contributed by atoms with Crippen LogP contribution in [0.25, 0.3) is 17.1 Å². The topological polar surface area (TPSA) is 138 Å². The van der Waals surface area contributed by atoms with Crippen molar-refractivity contribution in [3.63, 3.8) is 0 Å². The molecule has 202 valence electrons. The van der Waals surface area contributed by atoms with E-state index in [4.69, 9.17) is 19.0 Å². The molecule has 2 aromatic heterocycles. The van der Waals surface area contributed by atoms with Crippen LogP contribution in [0.4, 0.5) is 0 Å². The summed E-state index contributed by atoms with van der Waals surface area (Å²) in [6.07, 6.45) is 4.69. The lowest BCUT2D eigenvalue weighted by Gasteiger charge is -2.31. The summed E-state index contributed by atoms with van der Waals surface area (Å²) in [6, 6.07) is 21.4. The molecule has 1 saturated heterocycles. The molecule has 5 rings (SSSR count). The second kappa shape index (κ2) is 11.5. The van der Waals surface area contributed by atoms with Gasteiger partial charge in [-0.15, -0.1) is 0 Å². The Kier molecular flexibility index (Phi) is 7.89. The summed E-state index contributed by atoms with van der Waals surface area (Å²) in [5.74, 6) is 1.17. The van der Waals surface area contributed by atoms with Gasteiger partial charge < -0.3 is 19.0 Å². The fourth-order valence-corrected chi connectivity index (χ4v) is 4.95. The first-order valence-corrected chi connectivity index (χ1v) is 14.1. The Bertz CT molecular complexity index is 1540. The third-order valence-corrected chi connectivity index (χ3v) is 7.53. The van der Waals surface area contributed by atoms with E-state index < -0.39 is 15.6 Å². The van der Waals surface area contributed by atoms with E-state index in [2.05, 4.69) is 9.97 Å². The summed E-state index contributed by atoms with van der Waals surface area (Å²) in [7, 11) is -3.79. The maximum absolute atomic E-state index is 11.6. The maximum Gasteiger partial charge on any atom is 0.238 e. The Labute approximate surface area is 227 Å². The molecule has 4 aromatic rings. The fraction of sp³-hybridized carbons (Fsp3) is 0.241. The SMILES string of the molecule is NS(=O)(=O)c1ccc(-c2ocnc2C/C=C(/OCc2cccc(C3(O)CCOCC3)n2)c2ccccc2)cc1. The molecule has 10 heteroatoms. The molecular weight excluding hydrogens is 518 g/mol. The lowest BCUT2D eigenvalue weighted by atomic mass is 9.90. The second-order valence-electron chi connectivity index (χ2n) is 9.28. The van der Waals surface area contributed by atoms with Gasteiger partial charge in [-0.2, -0.15) is 0 Å². The number of pyridine rings is 1. The quantitative estimate of drug-likeness (QED) is 0.298. The molecule has 1 aliphatic heterocycles. The van der Waals surface area contributed by atoms with Crippen LogP contribution in [0.3, 0.4) is 0 Å². The van der Waals surface area contributed by atoms with Gasteiger partial charge in [0.2, 0.25) is 10.0 Å². The minimum atomic E-state index is -3.79. The van der Waals surface area contributed by atoms with Gasteiger partial charge in [-0.3, -0.25) is 4.98 Å². The van der Waals surface area contributed by atoms with Gasteiger partial charge in [0.1, 0.15) is 18.0 Å². The molecule has 9 nitrogen and oxygen atoms in total. The van der Waals surface area contributed by atoms with Crippen molar-refractivity contribution in [2.75, 3.05) is 13.2 Å². The van der Waals surface area contributed by atoms with Crippen molar-refractivity contribution in [3.8, 4) is 11.3 Å². The van der Waals surface area contributed by atoms with Crippen molar-refractivity contribution in [2.45, 2.75) is 36.4 Å². The van der Waals surface area contributed by atoms with Crippen LogP contribution in [0.15, 0.2) is 94.6 Å². The first-order valence-electron chi connectivity index (χ1n) is 12.5. The average Bonchev–Trinajstić information content (AvgIpc) is 3.42. The number of sulfonamides is 1. The number of aromatic nitrogens is 2. The highest BCUT2D eigenvalue weighted by Crippen LogP contribution is 2.31. The lowest BCUT2D eigenvalue weighted by molar-refractivity contribution is -0.0707. The Morgan fingerprint density at radius 1 is 1.03 bits per heavy atom. The number of nitrogens with two attached hydrogens (primary N) is 1. The van der Waals surface area contributed by atoms with Gasteiger partial charge in [0.05, 0.1) is 22.0 Å². The summed E-state index contributed by atoms with van der Waals surface area (Å²) in [4.78, 5) is 9.07. The van der Waals surface area contributed by atoms with Crippen LogP contribution >= 0.6 is 0 Å². The molecule has 3 N–H and O–H groups in total. The molecule has 1 fully saturated rings. The molecular formula is C29H29N3O6S. The average molecular weight is 548 g/mol. The van der Waals surface area contributed by atoms with E-state index in [0.29, 0.717) is 66.6 Å². The standard InChI is InChI=1S/C29H29N3O6S/c30-39(34,35)24-11-9-22(10-12-24)28-25(31-20-38-28)13-14-26(21-5-2-1-3-6-21)37-19-23-7-4-8-27(32-23)29(33)15-17-36-18-16-29/h1-12,14,20,33H,13,15-19H2,(H2,30,34,35)/b26-14+. The van der Waals surface area contributed by atoms with Crippen LogP contribution in [-0.4, -0.2) is 36.7 Å². The fourth-order valence-electron chi connectivity index (χ4n) is 4.43. The predicted octanol–water partition coefficient (Wildman–Crippen LogP) is 4.18. The number of aliphatic hydroxyl groups is 1. The predicted molar refractivity (Wildman–Crippen MR) is 144 cm³/mol. The van der Waals surface area contributed by atoms with E-state index in [1.54, 1.807) is 12.1 Å². The second-order valence-corrected chi connectivity index (χ2v) is 10.8. The number of ether oxygens (including phenoxy) is 2. The first kappa shape index (κ1) is 26.8. The number of hydrogen-bond acceptors (Lipinski definition) is 8. The number of benzene rings is 2. The molecule has 0 spiro atoms. The maximum atomic E-state index is 11.6. The Hall–Kier alpha value is -3.83. The van der Waals surface area contributed by atoms with Crippen LogP contribution in [0, 0.1) is 0 Å².